The number of aromatic nitrogens is 3. The Kier molecular flexibility index (Phi) is 4.83. The minimum Gasteiger partial charge on any atom is -0.349 e. The summed E-state index contributed by atoms with van der Waals surface area (Å²) in [5.74, 6) is 0.706. The molecule has 100 valence electrons. The second-order valence-electron chi connectivity index (χ2n) is 4.62. The first-order valence-corrected chi connectivity index (χ1v) is 6.81. The van der Waals surface area contributed by atoms with Crippen LogP contribution in [0.5, 0.6) is 0 Å². The van der Waals surface area contributed by atoms with Crippen molar-refractivity contribution in [3.63, 3.8) is 0 Å². The number of hydrogen-bond acceptors (Lipinski definition) is 7. The lowest BCUT2D eigenvalue weighted by atomic mass is 10.1. The van der Waals surface area contributed by atoms with Crippen LogP contribution in [-0.4, -0.2) is 33.3 Å². The van der Waals surface area contributed by atoms with E-state index in [1.54, 1.807) is 6.92 Å². The van der Waals surface area contributed by atoms with Gasteiger partial charge in [0.2, 0.25) is 5.95 Å². The molecule has 0 fully saturated rings. The van der Waals surface area contributed by atoms with Crippen molar-refractivity contribution in [2.75, 3.05) is 23.1 Å². The predicted octanol–water partition coefficient (Wildman–Crippen LogP) is 2.31. The van der Waals surface area contributed by atoms with E-state index in [1.165, 1.54) is 16.8 Å². The molecule has 0 radical (unpaired) electrons. The molecular weight excluding hydrogens is 252 g/mol. The molecule has 0 aliphatic heterocycles. The molecule has 1 heterocycles. The summed E-state index contributed by atoms with van der Waals surface area (Å²) in [6, 6.07) is 0. The van der Waals surface area contributed by atoms with E-state index in [0.717, 1.165) is 0 Å². The highest BCUT2D eigenvalue weighted by Crippen LogP contribution is 2.18. The highest BCUT2D eigenvalue weighted by atomic mass is 32.2. The standard InChI is InChI=1S/C10H18N6OS/c1-6-16(15-17)8-11-7(14-10(2,3)4)12-9(13-8)18-5/h6H2,1-5H3,(H,11,12,13,14). The molecule has 0 bridgehead atoms. The Morgan fingerprint density at radius 1 is 1.33 bits per heavy atom. The zero-order valence-electron chi connectivity index (χ0n) is 11.3. The second-order valence-corrected chi connectivity index (χ2v) is 5.39. The summed E-state index contributed by atoms with van der Waals surface area (Å²) < 4.78 is 0. The van der Waals surface area contributed by atoms with Crippen molar-refractivity contribution in [2.45, 2.75) is 38.4 Å². The van der Waals surface area contributed by atoms with Gasteiger partial charge in [-0.3, -0.25) is 0 Å². The Morgan fingerprint density at radius 2 is 2.00 bits per heavy atom. The molecule has 7 nitrogen and oxygen atoms in total. The largest absolute Gasteiger partial charge is 0.349 e. The minimum absolute atomic E-state index is 0.167. The van der Waals surface area contributed by atoms with Crippen LogP contribution in [0.25, 0.3) is 0 Å². The highest BCUT2D eigenvalue weighted by molar-refractivity contribution is 7.98. The summed E-state index contributed by atoms with van der Waals surface area (Å²) in [5.41, 5.74) is -0.167. The molecule has 1 rings (SSSR count). The molecule has 0 amide bonds. The van der Waals surface area contributed by atoms with Crippen LogP contribution in [0.1, 0.15) is 27.7 Å². The topological polar surface area (TPSA) is 83.4 Å². The fraction of sp³-hybridized carbons (Fsp3) is 0.700. The van der Waals surface area contributed by atoms with Crippen LogP contribution in [0.4, 0.5) is 11.9 Å². The smallest absolute Gasteiger partial charge is 0.254 e. The van der Waals surface area contributed by atoms with Crippen molar-refractivity contribution in [2.24, 2.45) is 5.29 Å². The van der Waals surface area contributed by atoms with Gasteiger partial charge in [0.25, 0.3) is 5.95 Å². The van der Waals surface area contributed by atoms with Crippen molar-refractivity contribution < 1.29 is 0 Å². The summed E-state index contributed by atoms with van der Waals surface area (Å²) in [6.07, 6.45) is 1.87. The van der Waals surface area contributed by atoms with Crippen molar-refractivity contribution >= 4 is 23.7 Å². The maximum absolute atomic E-state index is 10.7. The van der Waals surface area contributed by atoms with E-state index in [0.29, 0.717) is 17.6 Å². The number of nitroso groups, excluding NO2 is 1. The van der Waals surface area contributed by atoms with Gasteiger partial charge in [-0.25, -0.2) is 0 Å². The lowest BCUT2D eigenvalue weighted by Crippen LogP contribution is -2.28. The summed E-state index contributed by atoms with van der Waals surface area (Å²) >= 11 is 1.39. The molecule has 0 spiro atoms. The molecule has 0 saturated heterocycles. The second kappa shape index (κ2) is 5.94. The van der Waals surface area contributed by atoms with E-state index in [-0.39, 0.29) is 11.5 Å². The lowest BCUT2D eigenvalue weighted by molar-refractivity contribution is 0.621. The predicted molar refractivity (Wildman–Crippen MR) is 73.8 cm³/mol. The first kappa shape index (κ1) is 14.6. The quantitative estimate of drug-likeness (QED) is 0.499. The molecule has 0 aliphatic rings. The monoisotopic (exact) mass is 270 g/mol. The fourth-order valence-corrected chi connectivity index (χ4v) is 1.53. The number of anilines is 2. The van der Waals surface area contributed by atoms with Gasteiger partial charge in [0.05, 0.1) is 5.29 Å². The Hall–Kier alpha value is -1.44. The molecule has 0 atom stereocenters. The summed E-state index contributed by atoms with van der Waals surface area (Å²) in [6.45, 7) is 8.23. The number of nitrogens with one attached hydrogen (secondary N) is 1. The van der Waals surface area contributed by atoms with Gasteiger partial charge in [-0.2, -0.15) is 20.0 Å². The zero-order valence-corrected chi connectivity index (χ0v) is 12.1. The Bertz CT molecular complexity index is 419. The average Bonchev–Trinajstić information content (AvgIpc) is 2.28. The van der Waals surface area contributed by atoms with Crippen LogP contribution in [0.3, 0.4) is 0 Å². The van der Waals surface area contributed by atoms with Crippen molar-refractivity contribution in [1.29, 1.82) is 0 Å². The van der Waals surface area contributed by atoms with Crippen LogP contribution in [-0.2, 0) is 0 Å². The molecule has 1 aromatic heterocycles. The van der Waals surface area contributed by atoms with Gasteiger partial charge in [-0.1, -0.05) is 11.8 Å². The minimum atomic E-state index is -0.167. The Balaban J connectivity index is 3.12. The van der Waals surface area contributed by atoms with Crippen LogP contribution >= 0.6 is 11.8 Å². The molecule has 1 aromatic rings. The van der Waals surface area contributed by atoms with E-state index in [9.17, 15) is 4.91 Å². The van der Waals surface area contributed by atoms with Gasteiger partial charge in [0.15, 0.2) is 5.16 Å². The Morgan fingerprint density at radius 3 is 2.44 bits per heavy atom. The van der Waals surface area contributed by atoms with E-state index in [1.807, 2.05) is 27.0 Å². The molecule has 0 saturated carbocycles. The van der Waals surface area contributed by atoms with E-state index in [2.05, 4.69) is 25.6 Å². The number of thioether (sulfide) groups is 1. The highest BCUT2D eigenvalue weighted by Gasteiger charge is 2.16. The molecule has 0 unspecified atom stereocenters. The maximum Gasteiger partial charge on any atom is 0.254 e. The third-order valence-corrected chi connectivity index (χ3v) is 2.45. The summed E-state index contributed by atoms with van der Waals surface area (Å²) in [4.78, 5) is 23.3. The van der Waals surface area contributed by atoms with Gasteiger partial charge in [0, 0.05) is 12.1 Å². The Labute approximate surface area is 111 Å². The third-order valence-electron chi connectivity index (χ3n) is 1.90. The van der Waals surface area contributed by atoms with Crippen molar-refractivity contribution in [3.8, 4) is 0 Å². The van der Waals surface area contributed by atoms with Crippen LogP contribution < -0.4 is 10.3 Å². The van der Waals surface area contributed by atoms with Gasteiger partial charge in [-0.05, 0) is 34.0 Å². The summed E-state index contributed by atoms with van der Waals surface area (Å²) in [7, 11) is 0. The zero-order chi connectivity index (χ0) is 13.8. The van der Waals surface area contributed by atoms with E-state index < -0.39 is 0 Å². The average molecular weight is 270 g/mol. The maximum atomic E-state index is 10.7. The SMILES string of the molecule is CCN(N=O)c1nc(NC(C)(C)C)nc(SC)n1. The van der Waals surface area contributed by atoms with Crippen LogP contribution in [0.2, 0.25) is 0 Å². The van der Waals surface area contributed by atoms with E-state index >= 15 is 0 Å². The van der Waals surface area contributed by atoms with Crippen LogP contribution in [0.15, 0.2) is 10.4 Å². The molecule has 1 N–H and O–H groups in total. The van der Waals surface area contributed by atoms with Crippen LogP contribution in [0, 0.1) is 4.91 Å². The van der Waals surface area contributed by atoms with Gasteiger partial charge in [-0.15, -0.1) is 4.91 Å². The fourth-order valence-electron chi connectivity index (χ4n) is 1.18. The first-order valence-electron chi connectivity index (χ1n) is 5.58. The molecule has 0 aromatic carbocycles. The molecular formula is C10H18N6OS. The van der Waals surface area contributed by atoms with Crippen molar-refractivity contribution in [3.05, 3.63) is 4.91 Å². The summed E-state index contributed by atoms with van der Waals surface area (Å²) in [5, 5.41) is 7.78. The number of rotatable bonds is 5. The third kappa shape index (κ3) is 4.10. The van der Waals surface area contributed by atoms with Gasteiger partial charge < -0.3 is 5.32 Å². The van der Waals surface area contributed by atoms with E-state index in [4.69, 9.17) is 0 Å². The molecule has 0 aliphatic carbocycles. The molecule has 8 heteroatoms. The number of nitrogens with zero attached hydrogens (tertiary/aromatic N) is 5. The normalized spacial score (nSPS) is 11.2. The van der Waals surface area contributed by atoms with Crippen molar-refractivity contribution in [1.82, 2.24) is 15.0 Å². The first-order chi connectivity index (χ1) is 8.39. The van der Waals surface area contributed by atoms with Gasteiger partial charge in [0.1, 0.15) is 0 Å². The molecule has 18 heavy (non-hydrogen) atoms. The number of hydrogen-bond donors (Lipinski definition) is 1. The lowest BCUT2D eigenvalue weighted by Gasteiger charge is -2.21. The van der Waals surface area contributed by atoms with Gasteiger partial charge >= 0.3 is 0 Å².